The van der Waals surface area contributed by atoms with Gasteiger partial charge in [0.15, 0.2) is 0 Å². The van der Waals surface area contributed by atoms with Crippen LogP contribution in [0.1, 0.15) is 124 Å². The van der Waals surface area contributed by atoms with Gasteiger partial charge in [-0.1, -0.05) is 111 Å². The predicted molar refractivity (Wildman–Crippen MR) is 377 cm³/mol. The van der Waals surface area contributed by atoms with Gasteiger partial charge in [-0.05, 0) is 92.2 Å². The Bertz CT molecular complexity index is 3100. The van der Waals surface area contributed by atoms with Crippen LogP contribution in [0.15, 0.2) is 79.9 Å². The molecule has 554 valence electrons. The molecule has 100 heavy (non-hydrogen) atoms. The first-order chi connectivity index (χ1) is 47.3. The number of nitrogens with two attached hydrogens (primary N) is 1. The molecular formula is C70H107N13O16S. The van der Waals surface area contributed by atoms with Crippen molar-refractivity contribution in [1.82, 2.24) is 56.0 Å². The Balaban J connectivity index is 1.34. The number of carbonyl (C=O) groups is 12. The summed E-state index contributed by atoms with van der Waals surface area (Å²) < 4.78 is 17.6. The molecule has 29 nitrogen and oxygen atoms in total. The summed E-state index contributed by atoms with van der Waals surface area (Å²) in [6.07, 6.45) is 0.735. The minimum atomic E-state index is -1.16. The number of nitrogens with zero attached hydrogens (tertiary/aromatic N) is 6. The van der Waals surface area contributed by atoms with Gasteiger partial charge in [-0.25, -0.2) is 9.59 Å². The molecule has 2 heterocycles. The number of primary amides is 1. The quantitative estimate of drug-likeness (QED) is 0.0350. The molecule has 30 heteroatoms. The first kappa shape index (κ1) is 83.8. The zero-order valence-corrected chi connectivity index (χ0v) is 61.0. The van der Waals surface area contributed by atoms with Gasteiger partial charge in [0.2, 0.25) is 59.1 Å². The Hall–Kier alpha value is -8.61. The average molecular weight is 1420 g/mol. The molecule has 0 bridgehead atoms. The van der Waals surface area contributed by atoms with Crippen LogP contribution in [0.3, 0.4) is 0 Å². The number of nitrogens with one attached hydrogen (secondary N) is 6. The van der Waals surface area contributed by atoms with Crippen molar-refractivity contribution in [2.75, 3.05) is 78.2 Å². The maximum absolute atomic E-state index is 14.6. The fourth-order valence-corrected chi connectivity index (χ4v) is 12.9. The molecular weight excluding hydrogens is 1310 g/mol. The second-order valence-electron chi connectivity index (χ2n) is 26.2. The zero-order chi connectivity index (χ0) is 74.7. The number of anilines is 1. The number of likely N-dealkylation sites (tertiary alicyclic amines) is 1. The summed E-state index contributed by atoms with van der Waals surface area (Å²) in [7, 11) is 5.99. The lowest BCUT2D eigenvalue weighted by Gasteiger charge is -2.41. The molecule has 9 N–H and O–H groups in total. The van der Waals surface area contributed by atoms with E-state index >= 15 is 0 Å². The summed E-state index contributed by atoms with van der Waals surface area (Å²) in [6, 6.07) is 8.47. The third kappa shape index (κ3) is 24.6. The summed E-state index contributed by atoms with van der Waals surface area (Å²) in [5.74, 6) is -6.67. The normalized spacial score (nSPS) is 16.8. The number of urea groups is 1. The van der Waals surface area contributed by atoms with Crippen LogP contribution >= 0.6 is 11.8 Å². The van der Waals surface area contributed by atoms with Crippen molar-refractivity contribution < 1.29 is 76.9 Å². The monoisotopic (exact) mass is 1420 g/mol. The van der Waals surface area contributed by atoms with Crippen LogP contribution in [0.25, 0.3) is 0 Å². The topological polar surface area (TPSA) is 370 Å². The number of benzene rings is 2. The molecule has 2 aromatic carbocycles. The molecule has 2 unspecified atom stereocenters. The van der Waals surface area contributed by atoms with Crippen molar-refractivity contribution in [2.45, 2.75) is 174 Å². The first-order valence-corrected chi connectivity index (χ1v) is 35.1. The van der Waals surface area contributed by atoms with Gasteiger partial charge in [-0.15, -0.1) is 0 Å². The lowest BCUT2D eigenvalue weighted by atomic mass is 9.93. The number of rotatable bonds is 38. The third-order valence-electron chi connectivity index (χ3n) is 17.9. The molecule has 0 radical (unpaired) electrons. The molecule has 0 aromatic heterocycles. The molecule has 4 rings (SSSR count). The average Bonchev–Trinajstić information content (AvgIpc) is 1.78. The summed E-state index contributed by atoms with van der Waals surface area (Å²) in [6.45, 7) is 22.9. The minimum Gasteiger partial charge on any atom is -0.445 e. The van der Waals surface area contributed by atoms with Gasteiger partial charge in [0.1, 0.15) is 30.8 Å². The number of aliphatic hydroxyl groups excluding tert-OH is 1. The van der Waals surface area contributed by atoms with E-state index in [9.17, 15) is 62.6 Å². The van der Waals surface area contributed by atoms with Crippen LogP contribution in [0.2, 0.25) is 0 Å². The number of ether oxygens (including phenoxy) is 3. The number of methoxy groups -OCH3 is 2. The largest absolute Gasteiger partial charge is 0.445 e. The molecule has 2 aliphatic heterocycles. The van der Waals surface area contributed by atoms with E-state index in [0.29, 0.717) is 42.6 Å². The van der Waals surface area contributed by atoms with Gasteiger partial charge in [0, 0.05) is 59.3 Å². The molecule has 2 saturated heterocycles. The van der Waals surface area contributed by atoms with E-state index in [1.54, 1.807) is 104 Å². The predicted octanol–water partition coefficient (Wildman–Crippen LogP) is 3.82. The van der Waals surface area contributed by atoms with E-state index in [0.717, 1.165) is 28.8 Å². The van der Waals surface area contributed by atoms with E-state index in [1.807, 2.05) is 25.1 Å². The van der Waals surface area contributed by atoms with Crippen LogP contribution in [-0.2, 0) is 68.8 Å². The summed E-state index contributed by atoms with van der Waals surface area (Å²) in [5, 5.41) is 27.5. The van der Waals surface area contributed by atoms with Crippen LogP contribution < -0.4 is 37.6 Å². The van der Waals surface area contributed by atoms with Crippen molar-refractivity contribution in [2.24, 2.45) is 29.4 Å². The Morgan fingerprint density at radius 1 is 0.720 bits per heavy atom. The highest BCUT2D eigenvalue weighted by molar-refractivity contribution is 7.99. The van der Waals surface area contributed by atoms with Crippen molar-refractivity contribution in [3.63, 3.8) is 0 Å². The maximum atomic E-state index is 14.6. The van der Waals surface area contributed by atoms with E-state index < -0.39 is 138 Å². The highest BCUT2D eigenvalue weighted by Crippen LogP contribution is 2.30. The van der Waals surface area contributed by atoms with E-state index in [1.165, 1.54) is 40.9 Å². The Morgan fingerprint density at radius 2 is 1.33 bits per heavy atom. The second kappa shape index (κ2) is 41.2. The summed E-state index contributed by atoms with van der Waals surface area (Å²) in [4.78, 5) is 169. The summed E-state index contributed by atoms with van der Waals surface area (Å²) >= 11 is 1.13. The van der Waals surface area contributed by atoms with Gasteiger partial charge >= 0.3 is 12.1 Å². The van der Waals surface area contributed by atoms with Crippen molar-refractivity contribution >= 4 is 88.6 Å². The maximum Gasteiger partial charge on any atom is 0.410 e. The summed E-state index contributed by atoms with van der Waals surface area (Å²) in [5.41, 5.74) is 6.73. The fraction of sp³-hybridized carbons (Fsp3) is 0.600. The number of carbonyl (C=O) groups excluding carboxylic acids is 12. The van der Waals surface area contributed by atoms with Crippen molar-refractivity contribution in [3.8, 4) is 0 Å². The zero-order valence-electron chi connectivity index (χ0n) is 60.2. The van der Waals surface area contributed by atoms with E-state index in [2.05, 4.69) is 45.1 Å². The number of hydrogen-bond donors (Lipinski definition) is 8. The minimum absolute atomic E-state index is 0.0247. The molecule has 2 aliphatic rings. The van der Waals surface area contributed by atoms with E-state index in [4.69, 9.17) is 19.9 Å². The van der Waals surface area contributed by atoms with Crippen molar-refractivity contribution in [3.05, 3.63) is 91.0 Å². The lowest BCUT2D eigenvalue weighted by Crippen LogP contribution is -2.59. The van der Waals surface area contributed by atoms with Gasteiger partial charge in [-0.2, -0.15) is 11.8 Å². The highest BCUT2D eigenvalue weighted by Gasteiger charge is 2.43. The number of aliphatic hydroxyl groups is 1. The number of thioether (sulfide) groups is 1. The van der Waals surface area contributed by atoms with E-state index in [-0.39, 0.29) is 88.1 Å². The van der Waals surface area contributed by atoms with Crippen LogP contribution in [0, 0.1) is 23.7 Å². The highest BCUT2D eigenvalue weighted by atomic mass is 32.2. The van der Waals surface area contributed by atoms with Crippen LogP contribution in [0.4, 0.5) is 15.3 Å². The third-order valence-corrected chi connectivity index (χ3v) is 18.8. The molecule has 0 aliphatic carbocycles. The SMILES string of the molecule is C=CC(=O)N1CN(C(=O)C=C)CN(C(=O)CCSCC(=O)N[C@H](C(=O)N[C@@H](CCCNC(N)=O)C(=O)Nc2ccc(COC(=O)N(C)[C@H](C(=O)N[C@H](C(=O)N(C)[C@@H](CC)[C@@H](CC(=O)N3CCC[C@H]3C(OC)C(C)C(=O)N[C@H](C)[C@@H](O)c3ccccc3)OC)C(C)C)C(C)C)cc2)C(C)C)C1. The molecule has 11 atom stereocenters. The smallest absolute Gasteiger partial charge is 0.410 e. The van der Waals surface area contributed by atoms with Crippen molar-refractivity contribution in [1.29, 1.82) is 0 Å². The van der Waals surface area contributed by atoms with Crippen LogP contribution in [-0.4, -0.2) is 233 Å². The fourth-order valence-electron chi connectivity index (χ4n) is 12.2. The molecule has 0 saturated carbocycles. The molecule has 0 spiro atoms. The van der Waals surface area contributed by atoms with Gasteiger partial charge in [-0.3, -0.25) is 52.8 Å². The number of likely N-dealkylation sites (N-methyl/N-ethyl adjacent to an activating group) is 2. The number of hydrogen-bond acceptors (Lipinski definition) is 17. The van der Waals surface area contributed by atoms with Crippen LogP contribution in [0.5, 0.6) is 0 Å². The van der Waals surface area contributed by atoms with Gasteiger partial charge in [0.05, 0.1) is 74.5 Å². The lowest BCUT2D eigenvalue weighted by molar-refractivity contribution is -0.154. The first-order valence-electron chi connectivity index (χ1n) is 33.9. The second-order valence-corrected chi connectivity index (χ2v) is 27.3. The Kier molecular flexibility index (Phi) is 34.5. The van der Waals surface area contributed by atoms with Gasteiger partial charge in [0.25, 0.3) is 0 Å². The standard InChI is InChI=1S/C70H107N13O16S/c1-16-51(53(97-14)36-58(88)83-34-23-27-52(83)63(98-15)45(10)64(90)73-46(11)62(89)48-24-20-19-21-25-48)78(12)68(94)60(43(6)7)77-67(93)61(44(8)9)79(13)70(96)99-37-47-28-30-49(31-29-47)74-65(91)50(26-22-33-72-69(71)95)75-66(92)59(42(4)5)76-54(84)38-100-35-32-57(87)82-40-80(55(85)17-2)39-81(41-82)56(86)18-3/h17-21,24-25,28-31,42-46,50-53,59-63,89H,2-3,16,22-23,26-27,32-41H2,1,4-15H3,(H,73,90)(H,74,91)(H,75,92)(H,76,84)(H,77,93)(H3,71,72,95)/t45?,46-,50+,51+,52+,53-,59+,60+,61+,62-,63?/m1/s1. The van der Waals surface area contributed by atoms with Gasteiger partial charge < -0.3 is 81.5 Å². The molecule has 13 amide bonds. The molecule has 2 fully saturated rings. The number of amides is 13. The Morgan fingerprint density at radius 3 is 1.88 bits per heavy atom. The Labute approximate surface area is 592 Å². The molecule has 2 aromatic rings.